The summed E-state index contributed by atoms with van der Waals surface area (Å²) in [5.74, 6) is 0.844. The molecule has 0 radical (unpaired) electrons. The zero-order valence-corrected chi connectivity index (χ0v) is 19.5. The van der Waals surface area contributed by atoms with Crippen molar-refractivity contribution in [1.29, 1.82) is 0 Å². The van der Waals surface area contributed by atoms with Gasteiger partial charge in [-0.15, -0.1) is 35.3 Å². The molecule has 1 rings (SSSR count). The number of rotatable bonds is 10. The van der Waals surface area contributed by atoms with Crippen LogP contribution >= 0.6 is 35.3 Å². The Morgan fingerprint density at radius 1 is 1.20 bits per heavy atom. The highest BCUT2D eigenvalue weighted by Crippen LogP contribution is 2.25. The first-order valence-electron chi connectivity index (χ1n) is 9.02. The Balaban J connectivity index is 0.00000576. The van der Waals surface area contributed by atoms with Gasteiger partial charge in [-0.1, -0.05) is 34.1 Å². The molecule has 146 valence electrons. The van der Waals surface area contributed by atoms with Gasteiger partial charge in [-0.3, -0.25) is 0 Å². The molecule has 0 saturated heterocycles. The third-order valence-corrected chi connectivity index (χ3v) is 4.65. The fourth-order valence-electron chi connectivity index (χ4n) is 1.96. The number of aromatic nitrogens is 1. The monoisotopic (exact) mass is 482 g/mol. The van der Waals surface area contributed by atoms with E-state index < -0.39 is 0 Å². The number of thiazole rings is 1. The number of guanidine groups is 1. The first-order chi connectivity index (χ1) is 11.5. The lowest BCUT2D eigenvalue weighted by Gasteiger charge is -2.13. The van der Waals surface area contributed by atoms with Crippen LogP contribution in [0.2, 0.25) is 0 Å². The molecule has 0 atom stereocenters. The molecule has 1 heterocycles. The SMILES string of the molecule is CCCCOCCCNC(=NCc1csc(C(C)(C)C)n1)NCC.I. The Bertz CT molecular complexity index is 486. The van der Waals surface area contributed by atoms with Crippen molar-refractivity contribution < 1.29 is 4.74 Å². The highest BCUT2D eigenvalue weighted by atomic mass is 127. The molecule has 2 N–H and O–H groups in total. The van der Waals surface area contributed by atoms with Crippen molar-refractivity contribution in [3.63, 3.8) is 0 Å². The highest BCUT2D eigenvalue weighted by molar-refractivity contribution is 14.0. The van der Waals surface area contributed by atoms with Crippen LogP contribution in [0.5, 0.6) is 0 Å². The molecule has 0 aliphatic heterocycles. The van der Waals surface area contributed by atoms with Gasteiger partial charge in [0.25, 0.3) is 0 Å². The summed E-state index contributed by atoms with van der Waals surface area (Å²) in [5, 5.41) is 9.90. The Morgan fingerprint density at radius 3 is 2.52 bits per heavy atom. The number of hydrogen-bond acceptors (Lipinski definition) is 4. The van der Waals surface area contributed by atoms with Crippen LogP contribution in [0, 0.1) is 0 Å². The molecular formula is C18H35IN4OS. The topological polar surface area (TPSA) is 58.5 Å². The van der Waals surface area contributed by atoms with Gasteiger partial charge in [-0.2, -0.15) is 0 Å². The van der Waals surface area contributed by atoms with E-state index in [1.54, 1.807) is 11.3 Å². The number of ether oxygens (including phenoxy) is 1. The molecule has 7 heteroatoms. The average molecular weight is 482 g/mol. The third-order valence-electron chi connectivity index (χ3n) is 3.34. The fraction of sp³-hybridized carbons (Fsp3) is 0.778. The summed E-state index contributed by atoms with van der Waals surface area (Å²) in [6, 6.07) is 0. The van der Waals surface area contributed by atoms with E-state index in [4.69, 9.17) is 4.74 Å². The molecule has 1 aromatic heterocycles. The van der Waals surface area contributed by atoms with E-state index in [1.807, 2.05) is 0 Å². The van der Waals surface area contributed by atoms with E-state index >= 15 is 0 Å². The van der Waals surface area contributed by atoms with Crippen LogP contribution in [0.25, 0.3) is 0 Å². The van der Waals surface area contributed by atoms with Crippen LogP contribution in [0.4, 0.5) is 0 Å². The first kappa shape index (κ1) is 24.6. The highest BCUT2D eigenvalue weighted by Gasteiger charge is 2.17. The minimum atomic E-state index is 0. The summed E-state index contributed by atoms with van der Waals surface area (Å²) in [6.45, 7) is 14.8. The number of nitrogens with zero attached hydrogens (tertiary/aromatic N) is 2. The van der Waals surface area contributed by atoms with Crippen LogP contribution < -0.4 is 10.6 Å². The van der Waals surface area contributed by atoms with Gasteiger partial charge in [0.15, 0.2) is 5.96 Å². The van der Waals surface area contributed by atoms with Gasteiger partial charge in [-0.05, 0) is 19.8 Å². The van der Waals surface area contributed by atoms with Crippen LogP contribution in [0.1, 0.15) is 64.6 Å². The Labute approximate surface area is 174 Å². The van der Waals surface area contributed by atoms with Crippen molar-refractivity contribution in [2.45, 2.75) is 65.8 Å². The van der Waals surface area contributed by atoms with Crippen molar-refractivity contribution in [2.75, 3.05) is 26.3 Å². The van der Waals surface area contributed by atoms with Gasteiger partial charge in [0.05, 0.1) is 17.2 Å². The smallest absolute Gasteiger partial charge is 0.191 e. The lowest BCUT2D eigenvalue weighted by molar-refractivity contribution is 0.129. The van der Waals surface area contributed by atoms with Gasteiger partial charge >= 0.3 is 0 Å². The van der Waals surface area contributed by atoms with Crippen LogP contribution in [-0.4, -0.2) is 37.2 Å². The summed E-state index contributed by atoms with van der Waals surface area (Å²) in [7, 11) is 0. The maximum Gasteiger partial charge on any atom is 0.191 e. The van der Waals surface area contributed by atoms with Gasteiger partial charge in [0.1, 0.15) is 0 Å². The zero-order valence-electron chi connectivity index (χ0n) is 16.4. The molecule has 0 spiro atoms. The molecule has 1 aromatic rings. The molecule has 0 bridgehead atoms. The van der Waals surface area contributed by atoms with E-state index in [2.05, 4.69) is 60.6 Å². The van der Waals surface area contributed by atoms with Crippen molar-refractivity contribution in [3.8, 4) is 0 Å². The molecular weight excluding hydrogens is 447 g/mol. The van der Waals surface area contributed by atoms with Gasteiger partial charge in [0.2, 0.25) is 0 Å². The summed E-state index contributed by atoms with van der Waals surface area (Å²) in [5.41, 5.74) is 1.14. The van der Waals surface area contributed by atoms with Crippen molar-refractivity contribution in [1.82, 2.24) is 15.6 Å². The summed E-state index contributed by atoms with van der Waals surface area (Å²) in [4.78, 5) is 9.31. The summed E-state index contributed by atoms with van der Waals surface area (Å²) >= 11 is 1.71. The molecule has 0 unspecified atom stereocenters. The normalized spacial score (nSPS) is 12.0. The number of aliphatic imine (C=N–C) groups is 1. The van der Waals surface area contributed by atoms with E-state index in [-0.39, 0.29) is 29.4 Å². The minimum absolute atomic E-state index is 0. The molecule has 0 amide bonds. The number of hydrogen-bond donors (Lipinski definition) is 2. The second-order valence-electron chi connectivity index (χ2n) is 6.84. The minimum Gasteiger partial charge on any atom is -0.381 e. The molecule has 5 nitrogen and oxygen atoms in total. The standard InChI is InChI=1S/C18H34N4OS.HI/c1-6-8-11-23-12-9-10-20-17(19-7-2)21-13-15-14-24-16(22-15)18(3,4)5;/h14H,6-13H2,1-5H3,(H2,19,20,21);1H. The Kier molecular flexibility index (Phi) is 13.5. The lowest BCUT2D eigenvalue weighted by atomic mass is 9.98. The maximum atomic E-state index is 5.57. The molecule has 25 heavy (non-hydrogen) atoms. The molecule has 0 aliphatic rings. The first-order valence-corrected chi connectivity index (χ1v) is 9.90. The van der Waals surface area contributed by atoms with E-state index in [1.165, 1.54) is 6.42 Å². The molecule has 0 saturated carbocycles. The van der Waals surface area contributed by atoms with Gasteiger partial charge in [-0.25, -0.2) is 9.98 Å². The van der Waals surface area contributed by atoms with Gasteiger partial charge in [0, 0.05) is 37.1 Å². The lowest BCUT2D eigenvalue weighted by Crippen LogP contribution is -2.38. The summed E-state index contributed by atoms with van der Waals surface area (Å²) < 4.78 is 5.57. The molecule has 0 aromatic carbocycles. The third kappa shape index (κ3) is 11.0. The molecule has 0 fully saturated rings. The Morgan fingerprint density at radius 2 is 1.92 bits per heavy atom. The number of halogens is 1. The van der Waals surface area contributed by atoms with E-state index in [0.717, 1.165) is 55.8 Å². The summed E-state index contributed by atoms with van der Waals surface area (Å²) in [6.07, 6.45) is 3.31. The average Bonchev–Trinajstić information content (AvgIpc) is 3.01. The zero-order chi connectivity index (χ0) is 17.8. The number of nitrogens with one attached hydrogen (secondary N) is 2. The predicted molar refractivity (Wildman–Crippen MR) is 119 cm³/mol. The second-order valence-corrected chi connectivity index (χ2v) is 7.69. The van der Waals surface area contributed by atoms with Crippen LogP contribution in [-0.2, 0) is 16.7 Å². The van der Waals surface area contributed by atoms with E-state index in [0.29, 0.717) is 6.54 Å². The second kappa shape index (κ2) is 13.7. The van der Waals surface area contributed by atoms with Crippen molar-refractivity contribution in [2.24, 2.45) is 4.99 Å². The largest absolute Gasteiger partial charge is 0.381 e. The van der Waals surface area contributed by atoms with E-state index in [9.17, 15) is 0 Å². The number of unbranched alkanes of at least 4 members (excludes halogenated alkanes) is 1. The maximum absolute atomic E-state index is 5.57. The van der Waals surface area contributed by atoms with Gasteiger partial charge < -0.3 is 15.4 Å². The Hall–Kier alpha value is -0.410. The quantitative estimate of drug-likeness (QED) is 0.226. The van der Waals surface area contributed by atoms with Crippen molar-refractivity contribution in [3.05, 3.63) is 16.1 Å². The predicted octanol–water partition coefficient (Wildman–Crippen LogP) is 4.32. The van der Waals surface area contributed by atoms with Crippen molar-refractivity contribution >= 4 is 41.3 Å². The van der Waals surface area contributed by atoms with Crippen LogP contribution in [0.15, 0.2) is 10.4 Å². The van der Waals surface area contributed by atoms with Crippen LogP contribution in [0.3, 0.4) is 0 Å². The fourth-order valence-corrected chi connectivity index (χ4v) is 2.85. The molecule has 0 aliphatic carbocycles.